The molecule has 1 aromatic carbocycles. The van der Waals surface area contributed by atoms with Crippen LogP contribution in [-0.4, -0.2) is 0 Å². The Labute approximate surface area is 104 Å². The fraction of sp³-hybridized carbons (Fsp3) is 0.625. The van der Waals surface area contributed by atoms with Gasteiger partial charge in [0.25, 0.3) is 0 Å². The fourth-order valence-corrected chi connectivity index (χ4v) is 3.54. The summed E-state index contributed by atoms with van der Waals surface area (Å²) in [5.74, 6) is 0. The summed E-state index contributed by atoms with van der Waals surface area (Å²) in [6, 6.07) is 5.12. The van der Waals surface area contributed by atoms with Gasteiger partial charge in [-0.1, -0.05) is 26.0 Å². The number of rotatable bonds is 0. The average molecular weight is 229 g/mol. The van der Waals surface area contributed by atoms with E-state index in [1.54, 1.807) is 11.1 Å². The average Bonchev–Trinajstić information content (AvgIpc) is 2.67. The second-order valence-corrected chi connectivity index (χ2v) is 6.65. The zero-order valence-electron chi connectivity index (χ0n) is 11.1. The van der Waals surface area contributed by atoms with Crippen molar-refractivity contribution in [3.05, 3.63) is 34.4 Å². The number of aryl methyl sites for hydroxylation is 3. The first-order valence-electron chi connectivity index (χ1n) is 6.95. The first-order valence-corrected chi connectivity index (χ1v) is 6.95. The van der Waals surface area contributed by atoms with E-state index in [-0.39, 0.29) is 6.04 Å². The normalized spacial score (nSPS) is 26.2. The van der Waals surface area contributed by atoms with Crippen LogP contribution < -0.4 is 5.73 Å². The van der Waals surface area contributed by atoms with Crippen molar-refractivity contribution in [3.8, 4) is 0 Å². The Morgan fingerprint density at radius 2 is 1.76 bits per heavy atom. The quantitative estimate of drug-likeness (QED) is 0.677. The Hall–Kier alpha value is -0.820. The van der Waals surface area contributed by atoms with Gasteiger partial charge < -0.3 is 5.73 Å². The molecule has 0 heterocycles. The summed E-state index contributed by atoms with van der Waals surface area (Å²) in [6.07, 6.45) is 7.48. The molecular formula is C16H23N. The number of benzene rings is 1. The van der Waals surface area contributed by atoms with Crippen LogP contribution in [0.5, 0.6) is 0 Å². The van der Waals surface area contributed by atoms with Gasteiger partial charge in [0, 0.05) is 6.04 Å². The van der Waals surface area contributed by atoms with Gasteiger partial charge in [0.05, 0.1) is 0 Å². The van der Waals surface area contributed by atoms with Crippen LogP contribution in [0.2, 0.25) is 0 Å². The molecule has 0 bridgehead atoms. The van der Waals surface area contributed by atoms with E-state index in [0.29, 0.717) is 5.41 Å². The molecule has 0 saturated heterocycles. The SMILES string of the molecule is CC1(C)CCc2cc3c(cc2C(N)C1)CCC3. The van der Waals surface area contributed by atoms with Crippen LogP contribution in [0.15, 0.2) is 12.1 Å². The van der Waals surface area contributed by atoms with E-state index < -0.39 is 0 Å². The van der Waals surface area contributed by atoms with Crippen molar-refractivity contribution < 1.29 is 0 Å². The van der Waals surface area contributed by atoms with Crippen molar-refractivity contribution in [2.45, 2.75) is 58.4 Å². The molecule has 0 aliphatic heterocycles. The van der Waals surface area contributed by atoms with Gasteiger partial charge >= 0.3 is 0 Å². The van der Waals surface area contributed by atoms with Crippen LogP contribution in [0.4, 0.5) is 0 Å². The maximum atomic E-state index is 6.42. The van der Waals surface area contributed by atoms with Crippen molar-refractivity contribution in [1.82, 2.24) is 0 Å². The van der Waals surface area contributed by atoms with Crippen molar-refractivity contribution in [3.63, 3.8) is 0 Å². The second kappa shape index (κ2) is 3.84. The van der Waals surface area contributed by atoms with Gasteiger partial charge in [-0.05, 0) is 66.2 Å². The van der Waals surface area contributed by atoms with Crippen LogP contribution in [0.25, 0.3) is 0 Å². The van der Waals surface area contributed by atoms with E-state index in [0.717, 1.165) is 6.42 Å². The summed E-state index contributed by atoms with van der Waals surface area (Å²) >= 11 is 0. The molecule has 2 aliphatic rings. The first kappa shape index (κ1) is 11.3. The topological polar surface area (TPSA) is 26.0 Å². The number of fused-ring (bicyclic) bond motifs is 2. The van der Waals surface area contributed by atoms with Crippen molar-refractivity contribution in [1.29, 1.82) is 0 Å². The predicted octanol–water partition coefficient (Wildman–Crippen LogP) is 3.54. The van der Waals surface area contributed by atoms with Crippen LogP contribution in [0, 0.1) is 5.41 Å². The van der Waals surface area contributed by atoms with Crippen molar-refractivity contribution >= 4 is 0 Å². The van der Waals surface area contributed by atoms with Crippen LogP contribution >= 0.6 is 0 Å². The van der Waals surface area contributed by atoms with Gasteiger partial charge in [-0.25, -0.2) is 0 Å². The standard InChI is InChI=1S/C16H23N/c1-16(2)7-6-13-8-11-4-3-5-12(11)9-14(13)15(17)10-16/h8-9,15H,3-7,10,17H2,1-2H3. The number of nitrogens with two attached hydrogens (primary N) is 1. The van der Waals surface area contributed by atoms with E-state index >= 15 is 0 Å². The molecular weight excluding hydrogens is 206 g/mol. The fourth-order valence-electron chi connectivity index (χ4n) is 3.54. The Kier molecular flexibility index (Phi) is 2.55. The molecule has 1 unspecified atom stereocenters. The molecule has 0 spiro atoms. The minimum absolute atomic E-state index is 0.244. The molecule has 0 amide bonds. The minimum atomic E-state index is 0.244. The second-order valence-electron chi connectivity index (χ2n) is 6.65. The summed E-state index contributed by atoms with van der Waals surface area (Å²) in [4.78, 5) is 0. The summed E-state index contributed by atoms with van der Waals surface area (Å²) in [5.41, 5.74) is 12.9. The van der Waals surface area contributed by atoms with Gasteiger partial charge in [0.2, 0.25) is 0 Å². The lowest BCUT2D eigenvalue weighted by Crippen LogP contribution is -2.19. The maximum absolute atomic E-state index is 6.42. The van der Waals surface area contributed by atoms with Crippen molar-refractivity contribution in [2.75, 3.05) is 0 Å². The monoisotopic (exact) mass is 229 g/mol. The minimum Gasteiger partial charge on any atom is -0.324 e. The third-order valence-electron chi connectivity index (χ3n) is 4.60. The van der Waals surface area contributed by atoms with E-state index in [4.69, 9.17) is 5.73 Å². The summed E-state index contributed by atoms with van der Waals surface area (Å²) in [7, 11) is 0. The molecule has 0 fully saturated rings. The zero-order chi connectivity index (χ0) is 12.0. The van der Waals surface area contributed by atoms with Gasteiger partial charge in [-0.2, -0.15) is 0 Å². The van der Waals surface area contributed by atoms with E-state index in [9.17, 15) is 0 Å². The largest absolute Gasteiger partial charge is 0.324 e. The molecule has 1 aromatic rings. The molecule has 2 N–H and O–H groups in total. The van der Waals surface area contributed by atoms with Crippen LogP contribution in [0.1, 0.15) is 61.4 Å². The predicted molar refractivity (Wildman–Crippen MR) is 72.1 cm³/mol. The Balaban J connectivity index is 2.04. The smallest absolute Gasteiger partial charge is 0.0302 e. The lowest BCUT2D eigenvalue weighted by Gasteiger charge is -2.24. The highest BCUT2D eigenvalue weighted by molar-refractivity contribution is 5.43. The Bertz CT molecular complexity index is 445. The van der Waals surface area contributed by atoms with Gasteiger partial charge in [-0.15, -0.1) is 0 Å². The van der Waals surface area contributed by atoms with E-state index in [1.165, 1.54) is 43.2 Å². The van der Waals surface area contributed by atoms with E-state index in [2.05, 4.69) is 26.0 Å². The highest BCUT2D eigenvalue weighted by Crippen LogP contribution is 2.40. The summed E-state index contributed by atoms with van der Waals surface area (Å²) < 4.78 is 0. The lowest BCUT2D eigenvalue weighted by atomic mass is 9.83. The third kappa shape index (κ3) is 2.01. The third-order valence-corrected chi connectivity index (χ3v) is 4.60. The molecule has 3 rings (SSSR count). The number of hydrogen-bond donors (Lipinski definition) is 1. The Morgan fingerprint density at radius 3 is 2.53 bits per heavy atom. The lowest BCUT2D eigenvalue weighted by molar-refractivity contribution is 0.294. The highest BCUT2D eigenvalue weighted by atomic mass is 14.6. The molecule has 2 aliphatic carbocycles. The van der Waals surface area contributed by atoms with Crippen LogP contribution in [-0.2, 0) is 19.3 Å². The maximum Gasteiger partial charge on any atom is 0.0302 e. The number of hydrogen-bond acceptors (Lipinski definition) is 1. The van der Waals surface area contributed by atoms with Gasteiger partial charge in [-0.3, -0.25) is 0 Å². The highest BCUT2D eigenvalue weighted by Gasteiger charge is 2.28. The molecule has 0 saturated carbocycles. The molecule has 92 valence electrons. The first-order chi connectivity index (χ1) is 8.05. The zero-order valence-corrected chi connectivity index (χ0v) is 11.1. The molecule has 0 radical (unpaired) electrons. The molecule has 0 aromatic heterocycles. The Morgan fingerprint density at radius 1 is 1.06 bits per heavy atom. The molecule has 1 atom stereocenters. The molecule has 1 heteroatoms. The summed E-state index contributed by atoms with van der Waals surface area (Å²) in [5, 5.41) is 0. The van der Waals surface area contributed by atoms with Crippen LogP contribution in [0.3, 0.4) is 0 Å². The summed E-state index contributed by atoms with van der Waals surface area (Å²) in [6.45, 7) is 4.71. The van der Waals surface area contributed by atoms with Gasteiger partial charge in [0.15, 0.2) is 0 Å². The molecule has 17 heavy (non-hydrogen) atoms. The molecule has 1 nitrogen and oxygen atoms in total. The van der Waals surface area contributed by atoms with Crippen molar-refractivity contribution in [2.24, 2.45) is 11.1 Å². The van der Waals surface area contributed by atoms with Gasteiger partial charge in [0.1, 0.15) is 0 Å². The van der Waals surface area contributed by atoms with E-state index in [1.807, 2.05) is 0 Å².